The number of benzene rings is 1. The number of nitrogens with one attached hydrogen (secondary N) is 2. The summed E-state index contributed by atoms with van der Waals surface area (Å²) < 4.78 is 1.09. The van der Waals surface area contributed by atoms with Gasteiger partial charge in [0.2, 0.25) is 0 Å². The summed E-state index contributed by atoms with van der Waals surface area (Å²) in [5, 5.41) is 3.32. The molecule has 72 valence electrons. The third kappa shape index (κ3) is 2.39. The second-order valence-electron chi connectivity index (χ2n) is 3.06. The molecule has 0 saturated carbocycles. The van der Waals surface area contributed by atoms with Crippen molar-refractivity contribution in [3.63, 3.8) is 0 Å². The Hall–Kier alpha value is -1.22. The highest BCUT2D eigenvalue weighted by atomic mass is 79.9. The van der Waals surface area contributed by atoms with Crippen LogP contribution in [0.5, 0.6) is 0 Å². The first-order valence-electron chi connectivity index (χ1n) is 4.46. The highest BCUT2D eigenvalue weighted by molar-refractivity contribution is 9.10. The largest absolute Gasteiger partial charge is 0.379 e. The number of aromatic nitrogens is 1. The average Bonchev–Trinajstić information content (AvgIpc) is 2.63. The lowest BCUT2D eigenvalue weighted by atomic mass is 10.3. The van der Waals surface area contributed by atoms with Crippen LogP contribution in [0, 0.1) is 0 Å². The molecule has 14 heavy (non-hydrogen) atoms. The Kier molecular flexibility index (Phi) is 2.89. The molecule has 0 unspecified atom stereocenters. The van der Waals surface area contributed by atoms with Gasteiger partial charge in [0.05, 0.1) is 6.54 Å². The molecule has 0 bridgehead atoms. The molecule has 0 saturated heterocycles. The van der Waals surface area contributed by atoms with Gasteiger partial charge in [0.1, 0.15) is 0 Å². The maximum atomic E-state index is 3.40. The van der Waals surface area contributed by atoms with Gasteiger partial charge in [0.25, 0.3) is 0 Å². The van der Waals surface area contributed by atoms with Crippen LogP contribution in [0.15, 0.2) is 47.1 Å². The van der Waals surface area contributed by atoms with Crippen LogP contribution in [0.3, 0.4) is 0 Å². The Balaban J connectivity index is 1.95. The topological polar surface area (TPSA) is 27.8 Å². The third-order valence-electron chi connectivity index (χ3n) is 1.96. The zero-order chi connectivity index (χ0) is 9.80. The smallest absolute Gasteiger partial charge is 0.0551 e. The van der Waals surface area contributed by atoms with Crippen molar-refractivity contribution >= 4 is 21.6 Å². The standard InChI is InChI=1S/C11H11BrN2/c12-9-6-11(13-7-9)8-14-10-4-2-1-3-5-10/h1-7,13-14H,8H2. The van der Waals surface area contributed by atoms with Gasteiger partial charge in [0.15, 0.2) is 0 Å². The van der Waals surface area contributed by atoms with Crippen molar-refractivity contribution in [3.05, 3.63) is 52.8 Å². The normalized spacial score (nSPS) is 10.1. The summed E-state index contributed by atoms with van der Waals surface area (Å²) in [6.45, 7) is 0.815. The molecule has 0 aliphatic rings. The number of H-pyrrole nitrogens is 1. The Morgan fingerprint density at radius 2 is 2.00 bits per heavy atom. The van der Waals surface area contributed by atoms with Crippen LogP contribution in [-0.4, -0.2) is 4.98 Å². The molecule has 2 N–H and O–H groups in total. The maximum Gasteiger partial charge on any atom is 0.0551 e. The van der Waals surface area contributed by atoms with E-state index in [2.05, 4.69) is 44.4 Å². The molecule has 0 spiro atoms. The lowest BCUT2D eigenvalue weighted by molar-refractivity contribution is 1.07. The van der Waals surface area contributed by atoms with Crippen molar-refractivity contribution < 1.29 is 0 Å². The SMILES string of the molecule is Brc1c[nH]c(CNc2ccccc2)c1. The molecule has 1 aromatic heterocycles. The molecule has 3 heteroatoms. The van der Waals surface area contributed by atoms with Crippen LogP contribution in [0.2, 0.25) is 0 Å². The van der Waals surface area contributed by atoms with Gasteiger partial charge in [-0.05, 0) is 34.1 Å². The highest BCUT2D eigenvalue weighted by Gasteiger charge is 1.95. The molecular formula is C11H11BrN2. The first-order chi connectivity index (χ1) is 6.84. The molecule has 0 fully saturated rings. The van der Waals surface area contributed by atoms with Crippen LogP contribution in [-0.2, 0) is 6.54 Å². The van der Waals surface area contributed by atoms with Crippen LogP contribution in [0.1, 0.15) is 5.69 Å². The van der Waals surface area contributed by atoms with Crippen molar-refractivity contribution in [1.82, 2.24) is 4.98 Å². The fraction of sp³-hybridized carbons (Fsp3) is 0.0909. The Labute approximate surface area is 91.5 Å². The van der Waals surface area contributed by atoms with E-state index in [4.69, 9.17) is 0 Å². The van der Waals surface area contributed by atoms with Gasteiger partial charge in [-0.15, -0.1) is 0 Å². The summed E-state index contributed by atoms with van der Waals surface area (Å²) in [4.78, 5) is 3.17. The number of halogens is 1. The number of anilines is 1. The van der Waals surface area contributed by atoms with Crippen molar-refractivity contribution in [2.75, 3.05) is 5.32 Å². The molecule has 0 aliphatic carbocycles. The van der Waals surface area contributed by atoms with Crippen molar-refractivity contribution in [2.24, 2.45) is 0 Å². The predicted molar refractivity (Wildman–Crippen MR) is 62.3 cm³/mol. The zero-order valence-electron chi connectivity index (χ0n) is 7.63. The van der Waals surface area contributed by atoms with Crippen molar-refractivity contribution in [2.45, 2.75) is 6.54 Å². The van der Waals surface area contributed by atoms with Gasteiger partial charge in [-0.2, -0.15) is 0 Å². The Bertz CT molecular complexity index is 395. The molecule has 1 heterocycles. The van der Waals surface area contributed by atoms with Gasteiger partial charge < -0.3 is 10.3 Å². The summed E-state index contributed by atoms with van der Waals surface area (Å²) in [5.41, 5.74) is 2.30. The van der Waals surface area contributed by atoms with E-state index in [1.807, 2.05) is 24.4 Å². The van der Waals surface area contributed by atoms with E-state index in [0.717, 1.165) is 16.7 Å². The number of hydrogen-bond acceptors (Lipinski definition) is 1. The fourth-order valence-corrected chi connectivity index (χ4v) is 1.66. The minimum atomic E-state index is 0.815. The van der Waals surface area contributed by atoms with Crippen molar-refractivity contribution in [1.29, 1.82) is 0 Å². The Morgan fingerprint density at radius 1 is 1.21 bits per heavy atom. The third-order valence-corrected chi connectivity index (χ3v) is 2.42. The van der Waals surface area contributed by atoms with E-state index >= 15 is 0 Å². The number of para-hydroxylation sites is 1. The van der Waals surface area contributed by atoms with Crippen LogP contribution in [0.25, 0.3) is 0 Å². The second kappa shape index (κ2) is 4.33. The summed E-state index contributed by atoms with van der Waals surface area (Å²) in [6, 6.07) is 12.2. The minimum absolute atomic E-state index is 0.815. The number of hydrogen-bond donors (Lipinski definition) is 2. The van der Waals surface area contributed by atoms with E-state index in [1.54, 1.807) is 0 Å². The van der Waals surface area contributed by atoms with E-state index in [0.29, 0.717) is 0 Å². The van der Waals surface area contributed by atoms with Gasteiger partial charge >= 0.3 is 0 Å². The molecule has 0 aliphatic heterocycles. The van der Waals surface area contributed by atoms with Gasteiger partial charge in [-0.1, -0.05) is 18.2 Å². The van der Waals surface area contributed by atoms with Crippen LogP contribution < -0.4 is 5.32 Å². The van der Waals surface area contributed by atoms with Crippen LogP contribution in [0.4, 0.5) is 5.69 Å². The zero-order valence-corrected chi connectivity index (χ0v) is 9.21. The number of rotatable bonds is 3. The van der Waals surface area contributed by atoms with Crippen molar-refractivity contribution in [3.8, 4) is 0 Å². The number of aromatic amines is 1. The fourth-order valence-electron chi connectivity index (χ4n) is 1.27. The lowest BCUT2D eigenvalue weighted by Gasteiger charge is -2.03. The van der Waals surface area contributed by atoms with E-state index in [9.17, 15) is 0 Å². The molecule has 0 atom stereocenters. The molecule has 1 aromatic carbocycles. The summed E-state index contributed by atoms with van der Waals surface area (Å²) in [5.74, 6) is 0. The first kappa shape index (κ1) is 9.34. The minimum Gasteiger partial charge on any atom is -0.379 e. The Morgan fingerprint density at radius 3 is 2.64 bits per heavy atom. The average molecular weight is 251 g/mol. The van der Waals surface area contributed by atoms with Gasteiger partial charge in [-0.3, -0.25) is 0 Å². The molecule has 2 rings (SSSR count). The molecule has 0 radical (unpaired) electrons. The lowest BCUT2D eigenvalue weighted by Crippen LogP contribution is -1.98. The van der Waals surface area contributed by atoms with E-state index < -0.39 is 0 Å². The maximum absolute atomic E-state index is 3.40. The van der Waals surface area contributed by atoms with Crippen LogP contribution >= 0.6 is 15.9 Å². The quantitative estimate of drug-likeness (QED) is 0.859. The highest BCUT2D eigenvalue weighted by Crippen LogP contribution is 2.12. The molecule has 2 aromatic rings. The van der Waals surface area contributed by atoms with Gasteiger partial charge in [0, 0.05) is 22.1 Å². The summed E-state index contributed by atoms with van der Waals surface area (Å²) in [6.07, 6.45) is 1.93. The molecule has 2 nitrogen and oxygen atoms in total. The van der Waals surface area contributed by atoms with Gasteiger partial charge in [-0.25, -0.2) is 0 Å². The first-order valence-corrected chi connectivity index (χ1v) is 5.25. The van der Waals surface area contributed by atoms with E-state index in [-0.39, 0.29) is 0 Å². The second-order valence-corrected chi connectivity index (χ2v) is 3.98. The van der Waals surface area contributed by atoms with E-state index in [1.165, 1.54) is 5.69 Å². The molecular weight excluding hydrogens is 240 g/mol. The monoisotopic (exact) mass is 250 g/mol. The summed E-state index contributed by atoms with van der Waals surface area (Å²) in [7, 11) is 0. The summed E-state index contributed by atoms with van der Waals surface area (Å²) >= 11 is 3.40. The predicted octanol–water partition coefficient (Wildman–Crippen LogP) is 3.39. The molecule has 0 amide bonds.